The van der Waals surface area contributed by atoms with Crippen molar-refractivity contribution in [2.24, 2.45) is 0 Å². The number of nitrogens with zero attached hydrogens (tertiary/aromatic N) is 5. The van der Waals surface area contributed by atoms with Crippen LogP contribution < -0.4 is 15.1 Å². The van der Waals surface area contributed by atoms with Gasteiger partial charge in [-0.3, -0.25) is 4.90 Å². The topological polar surface area (TPSA) is 66.0 Å². The third-order valence-electron chi connectivity index (χ3n) is 6.24. The van der Waals surface area contributed by atoms with E-state index in [0.29, 0.717) is 0 Å². The zero-order chi connectivity index (χ0) is 24.2. The molecule has 1 aromatic heterocycles. The highest BCUT2D eigenvalue weighted by atomic mass is 16.5. The van der Waals surface area contributed by atoms with Crippen LogP contribution in [0.5, 0.6) is 0 Å². The minimum Gasteiger partial charge on any atom is -0.383 e. The molecule has 1 aromatic carbocycles. The molecular formula is C26H42N6O2. The third kappa shape index (κ3) is 7.37. The molecule has 0 unspecified atom stereocenters. The van der Waals surface area contributed by atoms with E-state index in [1.807, 2.05) is 20.0 Å². The summed E-state index contributed by atoms with van der Waals surface area (Å²) in [4.78, 5) is 16.5. The number of hydrogen-bond acceptors (Lipinski definition) is 8. The molecule has 3 aliphatic rings. The zero-order valence-corrected chi connectivity index (χ0v) is 21.4. The molecule has 0 atom stereocenters. The smallest absolute Gasteiger partial charge is 0.161 e. The fourth-order valence-electron chi connectivity index (χ4n) is 4.22. The Hall–Kier alpha value is -2.26. The van der Waals surface area contributed by atoms with Crippen LogP contribution in [0.1, 0.15) is 19.4 Å². The van der Waals surface area contributed by atoms with E-state index in [-0.39, 0.29) is 0 Å². The number of nitrogens with one attached hydrogen (secondary N) is 1. The Labute approximate surface area is 205 Å². The minimum absolute atomic E-state index is 0.810. The molecule has 34 heavy (non-hydrogen) atoms. The van der Waals surface area contributed by atoms with Crippen LogP contribution in [0.2, 0.25) is 0 Å². The van der Waals surface area contributed by atoms with Gasteiger partial charge >= 0.3 is 0 Å². The van der Waals surface area contributed by atoms with Gasteiger partial charge in [-0.2, -0.15) is 0 Å². The number of piperazine rings is 1. The Balaban J connectivity index is 0.000000348. The maximum absolute atomic E-state index is 5.18. The van der Waals surface area contributed by atoms with Crippen LogP contribution in [0, 0.1) is 0 Å². The summed E-state index contributed by atoms with van der Waals surface area (Å²) in [6.07, 6.45) is 3.02. The van der Waals surface area contributed by atoms with Crippen molar-refractivity contribution in [3.63, 3.8) is 0 Å². The maximum atomic E-state index is 5.18. The summed E-state index contributed by atoms with van der Waals surface area (Å²) in [6, 6.07) is 8.67. The average molecular weight is 471 g/mol. The summed E-state index contributed by atoms with van der Waals surface area (Å²) in [5.41, 5.74) is 3.60. The fourth-order valence-corrected chi connectivity index (χ4v) is 4.22. The summed E-state index contributed by atoms with van der Waals surface area (Å²) in [5, 5.41) is 3.16. The Morgan fingerprint density at radius 2 is 1.71 bits per heavy atom. The molecule has 2 aromatic rings. The van der Waals surface area contributed by atoms with Crippen molar-refractivity contribution in [3.8, 4) is 11.4 Å². The van der Waals surface area contributed by atoms with Crippen LogP contribution in [0.15, 0.2) is 30.5 Å². The van der Waals surface area contributed by atoms with E-state index >= 15 is 0 Å². The van der Waals surface area contributed by atoms with Gasteiger partial charge in [0.25, 0.3) is 0 Å². The predicted molar refractivity (Wildman–Crippen MR) is 140 cm³/mol. The van der Waals surface area contributed by atoms with E-state index in [1.54, 1.807) is 7.11 Å². The van der Waals surface area contributed by atoms with Crippen molar-refractivity contribution in [3.05, 3.63) is 36.0 Å². The van der Waals surface area contributed by atoms with Gasteiger partial charge < -0.3 is 24.6 Å². The summed E-state index contributed by atoms with van der Waals surface area (Å²) in [7, 11) is 3.86. The largest absolute Gasteiger partial charge is 0.383 e. The Kier molecular flexibility index (Phi) is 11.0. The molecular weight excluding hydrogens is 428 g/mol. The lowest BCUT2D eigenvalue weighted by molar-refractivity contribution is 0.109. The molecule has 8 heteroatoms. The molecule has 2 saturated heterocycles. The average Bonchev–Trinajstić information content (AvgIpc) is 3.30. The Bertz CT molecular complexity index is 824. The number of ether oxygens (including phenoxy) is 2. The van der Waals surface area contributed by atoms with Crippen molar-refractivity contribution < 1.29 is 9.47 Å². The quantitative estimate of drug-likeness (QED) is 0.715. The summed E-state index contributed by atoms with van der Waals surface area (Å²) < 4.78 is 10.2. The molecule has 2 fully saturated rings. The SMILES string of the molecule is C1COCCN1.CC.COCCN1CCN(c2ccc(-c3ncc4c(n3)N(C)CC4)cc2)CC1. The van der Waals surface area contributed by atoms with Gasteiger partial charge in [0.15, 0.2) is 5.82 Å². The summed E-state index contributed by atoms with van der Waals surface area (Å²) >= 11 is 0. The van der Waals surface area contributed by atoms with Gasteiger partial charge in [-0.05, 0) is 30.7 Å². The predicted octanol–water partition coefficient (Wildman–Crippen LogP) is 2.54. The van der Waals surface area contributed by atoms with Crippen molar-refractivity contribution in [1.29, 1.82) is 0 Å². The van der Waals surface area contributed by atoms with Crippen molar-refractivity contribution in [1.82, 2.24) is 20.2 Å². The normalized spacial score (nSPS) is 17.9. The number of methoxy groups -OCH3 is 1. The fraction of sp³-hybridized carbons (Fsp3) is 0.615. The highest BCUT2D eigenvalue weighted by Crippen LogP contribution is 2.27. The molecule has 4 heterocycles. The standard InChI is InChI=1S/C20H27N5O.C4H9NO.C2H6/c1-23-8-7-17-15-21-19(22-20(17)23)16-3-5-18(6-4-16)25-11-9-24(10-12-25)13-14-26-2;1-3-6-4-2-5-1;1-2/h3-6,15H,7-14H2,1-2H3;5H,1-4H2;1-2H3. The molecule has 0 bridgehead atoms. The second kappa shape index (κ2) is 14.2. The van der Waals surface area contributed by atoms with E-state index in [9.17, 15) is 0 Å². The van der Waals surface area contributed by atoms with Crippen molar-refractivity contribution >= 4 is 11.5 Å². The molecule has 1 N–H and O–H groups in total. The van der Waals surface area contributed by atoms with Crippen LogP contribution in [-0.4, -0.2) is 101 Å². The first-order valence-electron chi connectivity index (χ1n) is 12.7. The van der Waals surface area contributed by atoms with E-state index in [4.69, 9.17) is 14.5 Å². The van der Waals surface area contributed by atoms with E-state index < -0.39 is 0 Å². The van der Waals surface area contributed by atoms with Crippen molar-refractivity contribution in [2.75, 3.05) is 96.1 Å². The highest BCUT2D eigenvalue weighted by molar-refractivity contribution is 5.63. The molecule has 5 rings (SSSR count). The van der Waals surface area contributed by atoms with Crippen LogP contribution in [-0.2, 0) is 15.9 Å². The van der Waals surface area contributed by atoms with Gasteiger partial charge in [0.05, 0.1) is 19.8 Å². The number of likely N-dealkylation sites (N-methyl/N-ethyl adjacent to an activating group) is 1. The Morgan fingerprint density at radius 3 is 2.29 bits per heavy atom. The molecule has 0 saturated carbocycles. The molecule has 0 spiro atoms. The lowest BCUT2D eigenvalue weighted by atomic mass is 10.1. The van der Waals surface area contributed by atoms with Gasteiger partial charge in [0.1, 0.15) is 5.82 Å². The van der Waals surface area contributed by atoms with Crippen LogP contribution in [0.3, 0.4) is 0 Å². The number of rotatable bonds is 5. The summed E-state index contributed by atoms with van der Waals surface area (Å²) in [5.74, 6) is 1.89. The number of aromatic nitrogens is 2. The van der Waals surface area contributed by atoms with E-state index in [0.717, 1.165) is 95.8 Å². The number of fused-ring (bicyclic) bond motifs is 1. The van der Waals surface area contributed by atoms with Gasteiger partial charge in [-0.1, -0.05) is 13.8 Å². The first-order valence-corrected chi connectivity index (χ1v) is 12.7. The lowest BCUT2D eigenvalue weighted by Gasteiger charge is -2.36. The molecule has 0 amide bonds. The second-order valence-electron chi connectivity index (χ2n) is 8.44. The second-order valence-corrected chi connectivity index (χ2v) is 8.44. The monoisotopic (exact) mass is 470 g/mol. The van der Waals surface area contributed by atoms with Crippen molar-refractivity contribution in [2.45, 2.75) is 20.3 Å². The van der Waals surface area contributed by atoms with Crippen LogP contribution in [0.4, 0.5) is 11.5 Å². The molecule has 188 valence electrons. The molecule has 0 aliphatic carbocycles. The van der Waals surface area contributed by atoms with Gasteiger partial charge in [0, 0.05) is 89.5 Å². The maximum Gasteiger partial charge on any atom is 0.161 e. The first kappa shape index (κ1) is 26.3. The van der Waals surface area contributed by atoms with Gasteiger partial charge in [0.2, 0.25) is 0 Å². The number of hydrogen-bond donors (Lipinski definition) is 1. The molecule has 0 radical (unpaired) electrons. The summed E-state index contributed by atoms with van der Waals surface area (Å²) in [6.45, 7) is 15.0. The van der Waals surface area contributed by atoms with E-state index in [2.05, 4.69) is 56.3 Å². The van der Waals surface area contributed by atoms with Crippen LogP contribution >= 0.6 is 0 Å². The minimum atomic E-state index is 0.810. The van der Waals surface area contributed by atoms with Crippen LogP contribution in [0.25, 0.3) is 11.4 Å². The highest BCUT2D eigenvalue weighted by Gasteiger charge is 2.19. The number of benzene rings is 1. The zero-order valence-electron chi connectivity index (χ0n) is 21.4. The third-order valence-corrected chi connectivity index (χ3v) is 6.24. The van der Waals surface area contributed by atoms with Gasteiger partial charge in [-0.25, -0.2) is 9.97 Å². The first-order chi connectivity index (χ1) is 16.7. The number of anilines is 2. The Morgan fingerprint density at radius 1 is 1.00 bits per heavy atom. The lowest BCUT2D eigenvalue weighted by Crippen LogP contribution is -2.47. The van der Waals surface area contributed by atoms with E-state index in [1.165, 1.54) is 11.3 Å². The molecule has 3 aliphatic heterocycles. The van der Waals surface area contributed by atoms with Gasteiger partial charge in [-0.15, -0.1) is 0 Å². The molecule has 8 nitrogen and oxygen atoms in total. The number of morpholine rings is 1.